The molecule has 3 aliphatic rings. The van der Waals surface area contributed by atoms with E-state index in [1.54, 1.807) is 4.90 Å². The summed E-state index contributed by atoms with van der Waals surface area (Å²) >= 11 is 0. The summed E-state index contributed by atoms with van der Waals surface area (Å²) in [5.74, 6) is -1.41. The number of aliphatic carboxylic acids is 1. The maximum atomic E-state index is 12.8. The zero-order chi connectivity index (χ0) is 17.5. The fourth-order valence-corrected chi connectivity index (χ4v) is 6.17. The summed E-state index contributed by atoms with van der Waals surface area (Å²) < 4.78 is 27.0. The minimum Gasteiger partial charge on any atom is -0.481 e. The van der Waals surface area contributed by atoms with Crippen molar-refractivity contribution >= 4 is 21.9 Å². The molecule has 0 aromatic rings. The van der Waals surface area contributed by atoms with Crippen LogP contribution in [0, 0.1) is 11.8 Å². The van der Waals surface area contributed by atoms with E-state index in [2.05, 4.69) is 0 Å². The summed E-state index contributed by atoms with van der Waals surface area (Å²) in [6.07, 6.45) is 5.06. The minimum absolute atomic E-state index is 0.0475. The second kappa shape index (κ2) is 6.63. The van der Waals surface area contributed by atoms with Crippen LogP contribution in [-0.2, 0) is 19.6 Å². The molecule has 1 aliphatic carbocycles. The van der Waals surface area contributed by atoms with E-state index in [1.807, 2.05) is 6.92 Å². The molecule has 1 saturated carbocycles. The lowest BCUT2D eigenvalue weighted by atomic mass is 9.96. The molecule has 0 bridgehead atoms. The SMILES string of the molecule is CC1CCC(C(=O)O)CN1S(=O)(=O)C1CN(C(=O)C2CCCC2)C1. The van der Waals surface area contributed by atoms with Crippen molar-refractivity contribution in [1.82, 2.24) is 9.21 Å². The molecule has 0 radical (unpaired) electrons. The van der Waals surface area contributed by atoms with Gasteiger partial charge >= 0.3 is 5.97 Å². The highest BCUT2D eigenvalue weighted by molar-refractivity contribution is 7.89. The molecule has 7 nitrogen and oxygen atoms in total. The van der Waals surface area contributed by atoms with Crippen molar-refractivity contribution in [3.05, 3.63) is 0 Å². The van der Waals surface area contributed by atoms with Gasteiger partial charge in [0.2, 0.25) is 15.9 Å². The molecule has 1 amide bonds. The zero-order valence-corrected chi connectivity index (χ0v) is 14.9. The third-order valence-corrected chi connectivity index (χ3v) is 8.09. The van der Waals surface area contributed by atoms with Gasteiger partial charge in [-0.25, -0.2) is 8.42 Å². The minimum atomic E-state index is -3.55. The number of sulfonamides is 1. The Kier molecular flexibility index (Phi) is 4.88. The highest BCUT2D eigenvalue weighted by Gasteiger charge is 2.47. The van der Waals surface area contributed by atoms with Crippen LogP contribution in [0.2, 0.25) is 0 Å². The van der Waals surface area contributed by atoms with E-state index in [0.717, 1.165) is 25.7 Å². The molecule has 24 heavy (non-hydrogen) atoms. The molecule has 2 atom stereocenters. The molecule has 2 aliphatic heterocycles. The molecule has 0 aromatic heterocycles. The van der Waals surface area contributed by atoms with Crippen molar-refractivity contribution in [2.75, 3.05) is 19.6 Å². The summed E-state index contributed by atoms with van der Waals surface area (Å²) in [6.45, 7) is 2.37. The molecular formula is C16H26N2O5S. The van der Waals surface area contributed by atoms with Crippen LogP contribution in [-0.4, -0.2) is 65.5 Å². The first kappa shape index (κ1) is 17.7. The molecule has 136 valence electrons. The number of carbonyl (C=O) groups excluding carboxylic acids is 1. The molecule has 2 saturated heterocycles. The van der Waals surface area contributed by atoms with Crippen LogP contribution in [0.5, 0.6) is 0 Å². The normalized spacial score (nSPS) is 30.3. The lowest BCUT2D eigenvalue weighted by molar-refractivity contribution is -0.143. The lowest BCUT2D eigenvalue weighted by Gasteiger charge is -2.44. The summed E-state index contributed by atoms with van der Waals surface area (Å²) in [4.78, 5) is 25.2. The van der Waals surface area contributed by atoms with Gasteiger partial charge in [0.1, 0.15) is 5.25 Å². The summed E-state index contributed by atoms with van der Waals surface area (Å²) in [5, 5.41) is 8.59. The Morgan fingerprint density at radius 3 is 2.17 bits per heavy atom. The molecule has 0 spiro atoms. The first-order chi connectivity index (χ1) is 11.3. The first-order valence-corrected chi connectivity index (χ1v) is 10.3. The van der Waals surface area contributed by atoms with Crippen LogP contribution < -0.4 is 0 Å². The van der Waals surface area contributed by atoms with Gasteiger partial charge in [-0.15, -0.1) is 0 Å². The van der Waals surface area contributed by atoms with Crippen molar-refractivity contribution in [3.8, 4) is 0 Å². The number of piperidine rings is 1. The fourth-order valence-electron chi connectivity index (χ4n) is 4.06. The van der Waals surface area contributed by atoms with Gasteiger partial charge in [-0.05, 0) is 32.6 Å². The Balaban J connectivity index is 1.62. The molecular weight excluding hydrogens is 332 g/mol. The quantitative estimate of drug-likeness (QED) is 0.806. The van der Waals surface area contributed by atoms with E-state index in [-0.39, 0.29) is 37.5 Å². The van der Waals surface area contributed by atoms with Crippen molar-refractivity contribution in [3.63, 3.8) is 0 Å². The van der Waals surface area contributed by atoms with Crippen molar-refractivity contribution in [2.45, 2.75) is 56.7 Å². The van der Waals surface area contributed by atoms with E-state index >= 15 is 0 Å². The number of likely N-dealkylation sites (tertiary alicyclic amines) is 1. The van der Waals surface area contributed by atoms with Crippen molar-refractivity contribution in [2.24, 2.45) is 11.8 Å². The van der Waals surface area contributed by atoms with Crippen LogP contribution >= 0.6 is 0 Å². The molecule has 0 aromatic carbocycles. The third-order valence-electron chi connectivity index (χ3n) is 5.79. The number of hydrogen-bond acceptors (Lipinski definition) is 4. The Labute approximate surface area is 143 Å². The topological polar surface area (TPSA) is 95.0 Å². The van der Waals surface area contributed by atoms with E-state index in [1.165, 1.54) is 4.31 Å². The van der Waals surface area contributed by atoms with Gasteiger partial charge in [0.25, 0.3) is 0 Å². The van der Waals surface area contributed by atoms with Gasteiger partial charge in [0.15, 0.2) is 0 Å². The van der Waals surface area contributed by atoms with Gasteiger partial charge in [-0.1, -0.05) is 12.8 Å². The van der Waals surface area contributed by atoms with Crippen LogP contribution in [0.3, 0.4) is 0 Å². The Bertz CT molecular complexity index is 608. The van der Waals surface area contributed by atoms with Crippen LogP contribution in [0.1, 0.15) is 45.4 Å². The van der Waals surface area contributed by atoms with Crippen molar-refractivity contribution < 1.29 is 23.1 Å². The third kappa shape index (κ3) is 3.18. The van der Waals surface area contributed by atoms with E-state index in [0.29, 0.717) is 12.8 Å². The number of amides is 1. The number of nitrogens with zero attached hydrogens (tertiary/aromatic N) is 2. The van der Waals surface area contributed by atoms with Gasteiger partial charge in [-0.2, -0.15) is 4.31 Å². The van der Waals surface area contributed by atoms with Gasteiger partial charge in [0.05, 0.1) is 5.92 Å². The van der Waals surface area contributed by atoms with Crippen molar-refractivity contribution in [1.29, 1.82) is 0 Å². The standard InChI is InChI=1S/C16H26N2O5S/c1-11-6-7-13(16(20)21)8-18(11)24(22,23)14-9-17(10-14)15(19)12-4-2-3-5-12/h11-14H,2-10H2,1H3,(H,20,21). The summed E-state index contributed by atoms with van der Waals surface area (Å²) in [7, 11) is -3.55. The number of rotatable bonds is 4. The number of hydrogen-bond donors (Lipinski definition) is 1. The Morgan fingerprint density at radius 1 is 0.958 bits per heavy atom. The average molecular weight is 358 g/mol. The van der Waals surface area contributed by atoms with E-state index < -0.39 is 27.2 Å². The largest absolute Gasteiger partial charge is 0.481 e. The lowest BCUT2D eigenvalue weighted by Crippen LogP contribution is -2.62. The first-order valence-electron chi connectivity index (χ1n) is 8.83. The predicted molar refractivity (Wildman–Crippen MR) is 87.8 cm³/mol. The maximum Gasteiger partial charge on any atom is 0.307 e. The summed E-state index contributed by atoms with van der Waals surface area (Å²) in [5.41, 5.74) is 0. The summed E-state index contributed by atoms with van der Waals surface area (Å²) in [6, 6.07) is -0.176. The second-order valence-electron chi connectivity index (χ2n) is 7.42. The number of carboxylic acid groups (broad SMARTS) is 1. The van der Waals surface area contributed by atoms with Crippen LogP contribution in [0.25, 0.3) is 0 Å². The number of carboxylic acids is 1. The number of carbonyl (C=O) groups is 2. The van der Waals surface area contributed by atoms with Gasteiger partial charge in [-0.3, -0.25) is 9.59 Å². The molecule has 1 N–H and O–H groups in total. The van der Waals surface area contributed by atoms with Gasteiger partial charge in [0, 0.05) is 31.6 Å². The van der Waals surface area contributed by atoms with Crippen LogP contribution in [0.15, 0.2) is 0 Å². The second-order valence-corrected chi connectivity index (χ2v) is 9.59. The molecule has 2 heterocycles. The average Bonchev–Trinajstić information content (AvgIpc) is 2.99. The van der Waals surface area contributed by atoms with Crippen LogP contribution in [0.4, 0.5) is 0 Å². The molecule has 8 heteroatoms. The molecule has 3 rings (SSSR count). The Hall–Kier alpha value is -1.15. The fraction of sp³-hybridized carbons (Fsp3) is 0.875. The smallest absolute Gasteiger partial charge is 0.307 e. The molecule has 3 fully saturated rings. The zero-order valence-electron chi connectivity index (χ0n) is 14.1. The monoisotopic (exact) mass is 358 g/mol. The highest BCUT2D eigenvalue weighted by atomic mass is 32.2. The highest BCUT2D eigenvalue weighted by Crippen LogP contribution is 2.32. The predicted octanol–water partition coefficient (Wildman–Crippen LogP) is 0.902. The molecule has 2 unspecified atom stereocenters. The van der Waals surface area contributed by atoms with E-state index in [9.17, 15) is 23.1 Å². The Morgan fingerprint density at radius 2 is 1.58 bits per heavy atom. The van der Waals surface area contributed by atoms with E-state index in [4.69, 9.17) is 0 Å². The maximum absolute atomic E-state index is 12.8. The van der Waals surface area contributed by atoms with Gasteiger partial charge < -0.3 is 10.0 Å².